The fraction of sp³-hybridized carbons (Fsp3) is 0.464. The van der Waals surface area contributed by atoms with Gasteiger partial charge in [-0.05, 0) is 68.4 Å². The van der Waals surface area contributed by atoms with E-state index < -0.39 is 17.0 Å². The van der Waals surface area contributed by atoms with Crippen molar-refractivity contribution < 1.29 is 23.8 Å². The van der Waals surface area contributed by atoms with E-state index in [-0.39, 0.29) is 11.7 Å². The molecule has 5 rings (SSSR count). The molecule has 0 amide bonds. The van der Waals surface area contributed by atoms with Gasteiger partial charge in [-0.3, -0.25) is 5.10 Å². The Morgan fingerprint density at radius 1 is 1.27 bits per heavy atom. The van der Waals surface area contributed by atoms with Crippen LogP contribution >= 0.6 is 0 Å². The molecule has 4 aromatic rings. The van der Waals surface area contributed by atoms with Gasteiger partial charge in [0.1, 0.15) is 5.82 Å². The monoisotopic (exact) mass is 508 g/mol. The molecule has 9 heteroatoms. The molecule has 1 aromatic carbocycles. The Kier molecular flexibility index (Phi) is 6.32. The van der Waals surface area contributed by atoms with Gasteiger partial charge in [-0.15, -0.1) is 0 Å². The number of pyridine rings is 1. The number of benzene rings is 1. The molecule has 0 atom stereocenters. The fourth-order valence-corrected chi connectivity index (χ4v) is 5.99. The number of carboxylic acid groups (broad SMARTS) is 1. The van der Waals surface area contributed by atoms with Gasteiger partial charge in [0.25, 0.3) is 0 Å². The predicted octanol–water partition coefficient (Wildman–Crippen LogP) is 5.40. The first-order valence-electron chi connectivity index (χ1n) is 12.5. The molecule has 37 heavy (non-hydrogen) atoms. The van der Waals surface area contributed by atoms with E-state index in [9.17, 15) is 14.3 Å². The molecule has 1 fully saturated rings. The van der Waals surface area contributed by atoms with E-state index in [0.29, 0.717) is 43.5 Å². The lowest BCUT2D eigenvalue weighted by atomic mass is 9.73. The van der Waals surface area contributed by atoms with Gasteiger partial charge < -0.3 is 19.1 Å². The molecule has 1 aliphatic rings. The van der Waals surface area contributed by atoms with Crippen LogP contribution < -0.4 is 0 Å². The van der Waals surface area contributed by atoms with E-state index in [1.807, 2.05) is 6.07 Å². The summed E-state index contributed by atoms with van der Waals surface area (Å²) in [5.41, 5.74) is 4.32. The Hall–Kier alpha value is -3.30. The van der Waals surface area contributed by atoms with Gasteiger partial charge in [0.05, 0.1) is 23.8 Å². The highest BCUT2D eigenvalue weighted by atomic mass is 19.1. The zero-order valence-corrected chi connectivity index (χ0v) is 21.9. The zero-order chi connectivity index (χ0) is 26.5. The number of fused-ring (bicyclic) bond motifs is 2. The maximum Gasteiger partial charge on any atom is 0.335 e. The van der Waals surface area contributed by atoms with Crippen LogP contribution in [0.5, 0.6) is 0 Å². The molecule has 8 nitrogen and oxygen atoms in total. The summed E-state index contributed by atoms with van der Waals surface area (Å²) in [6.07, 6.45) is 3.83. The van der Waals surface area contributed by atoms with E-state index in [1.54, 1.807) is 26.3 Å². The van der Waals surface area contributed by atoms with E-state index in [0.717, 1.165) is 33.4 Å². The number of hydrogen-bond acceptors (Lipinski definition) is 5. The minimum Gasteiger partial charge on any atom is -0.479 e. The summed E-state index contributed by atoms with van der Waals surface area (Å²) < 4.78 is 27.7. The lowest BCUT2D eigenvalue weighted by Gasteiger charge is -2.37. The van der Waals surface area contributed by atoms with E-state index in [1.165, 1.54) is 13.2 Å². The minimum absolute atomic E-state index is 0.0620. The van der Waals surface area contributed by atoms with Crippen LogP contribution in [-0.4, -0.2) is 57.3 Å². The van der Waals surface area contributed by atoms with Crippen LogP contribution in [0.1, 0.15) is 62.3 Å². The Balaban J connectivity index is 1.81. The second-order valence-electron chi connectivity index (χ2n) is 10.8. The second kappa shape index (κ2) is 9.22. The van der Waals surface area contributed by atoms with Crippen molar-refractivity contribution in [2.45, 2.75) is 63.4 Å². The van der Waals surface area contributed by atoms with Crippen molar-refractivity contribution in [1.82, 2.24) is 19.7 Å². The van der Waals surface area contributed by atoms with Crippen LogP contribution in [0.25, 0.3) is 27.8 Å². The van der Waals surface area contributed by atoms with Crippen molar-refractivity contribution >= 4 is 28.0 Å². The number of carbonyl (C=O) groups is 1. The van der Waals surface area contributed by atoms with Crippen molar-refractivity contribution in [2.75, 3.05) is 20.8 Å². The number of nitrogens with zero attached hydrogens (tertiary/aromatic N) is 3. The number of H-pyrrole nitrogens is 1. The highest BCUT2D eigenvalue weighted by Gasteiger charge is 2.45. The fourth-order valence-electron chi connectivity index (χ4n) is 5.99. The molecule has 196 valence electrons. The number of nitrogens with one attached hydrogen (secondary N) is 1. The van der Waals surface area contributed by atoms with Crippen LogP contribution in [0, 0.1) is 12.7 Å². The van der Waals surface area contributed by atoms with Crippen molar-refractivity contribution in [2.24, 2.45) is 0 Å². The summed E-state index contributed by atoms with van der Waals surface area (Å²) in [6, 6.07) is 7.20. The Morgan fingerprint density at radius 3 is 2.62 bits per heavy atom. The summed E-state index contributed by atoms with van der Waals surface area (Å²) in [4.78, 5) is 17.1. The third-order valence-corrected chi connectivity index (χ3v) is 7.91. The van der Waals surface area contributed by atoms with Gasteiger partial charge in [-0.2, -0.15) is 5.10 Å². The molecule has 0 bridgehead atoms. The van der Waals surface area contributed by atoms with E-state index >= 15 is 0 Å². The highest BCUT2D eigenvalue weighted by Crippen LogP contribution is 2.47. The highest BCUT2D eigenvalue weighted by molar-refractivity contribution is 5.94. The van der Waals surface area contributed by atoms with Crippen molar-refractivity contribution in [3.63, 3.8) is 0 Å². The normalized spacial score (nSPS) is 20.6. The third kappa shape index (κ3) is 4.10. The number of aliphatic carboxylic acids is 1. The second-order valence-corrected chi connectivity index (χ2v) is 10.8. The number of methoxy groups -OCH3 is 2. The van der Waals surface area contributed by atoms with Crippen LogP contribution in [0.4, 0.5) is 4.39 Å². The van der Waals surface area contributed by atoms with Gasteiger partial charge in [-0.1, -0.05) is 13.8 Å². The number of rotatable bonds is 7. The molecular formula is C28H33FN4O4. The van der Waals surface area contributed by atoms with Crippen molar-refractivity contribution in [3.05, 3.63) is 53.1 Å². The molecule has 0 radical (unpaired) electrons. The molecule has 0 spiro atoms. The van der Waals surface area contributed by atoms with E-state index in [2.05, 4.69) is 34.7 Å². The number of hydrogen-bond donors (Lipinski definition) is 2. The van der Waals surface area contributed by atoms with Crippen molar-refractivity contribution in [1.29, 1.82) is 0 Å². The average Bonchev–Trinajstić information content (AvgIpc) is 3.46. The van der Waals surface area contributed by atoms with Gasteiger partial charge in [0, 0.05) is 42.0 Å². The number of ether oxygens (including phenoxy) is 2. The Morgan fingerprint density at radius 2 is 2.00 bits per heavy atom. The van der Waals surface area contributed by atoms with Crippen molar-refractivity contribution in [3.8, 4) is 5.69 Å². The van der Waals surface area contributed by atoms with Gasteiger partial charge in [0.15, 0.2) is 11.2 Å². The van der Waals surface area contributed by atoms with Crippen LogP contribution in [0.3, 0.4) is 0 Å². The topological polar surface area (TPSA) is 102 Å². The standard InChI is InChI=1S/C28H33FN4O4/c1-16-12-19(6-7-20(16)29)33-21-13-18-14-30-32-25(18)31-23(21)22(24(33)27(2,3)15-36-4)17-8-10-28(37-5,11-9-17)26(34)35/h6-7,12-14,17H,8-11,15H2,1-5H3,(H,34,35)(H,30,31,32)/t17-,28+. The summed E-state index contributed by atoms with van der Waals surface area (Å²) in [6.45, 7) is 6.48. The number of aromatic amines is 1. The SMILES string of the molecule is COCC(C)(C)c1c([C@H]2CC[C@](OC)(C(=O)O)CC2)c2nc3[nH]ncc3cc2n1-c1ccc(F)c(C)c1. The van der Waals surface area contributed by atoms with Gasteiger partial charge >= 0.3 is 5.97 Å². The number of aryl methyl sites for hydroxylation is 1. The molecule has 3 aromatic heterocycles. The summed E-state index contributed by atoms with van der Waals surface area (Å²) in [7, 11) is 3.16. The molecule has 1 saturated carbocycles. The minimum atomic E-state index is -1.17. The first kappa shape index (κ1) is 25.4. The maximum atomic E-state index is 14.3. The molecule has 0 aliphatic heterocycles. The van der Waals surface area contributed by atoms with Crippen LogP contribution in [0.2, 0.25) is 0 Å². The summed E-state index contributed by atoms with van der Waals surface area (Å²) >= 11 is 0. The van der Waals surface area contributed by atoms with Crippen LogP contribution in [-0.2, 0) is 19.7 Å². The molecule has 0 saturated heterocycles. The quantitative estimate of drug-likeness (QED) is 0.347. The van der Waals surface area contributed by atoms with Crippen LogP contribution in [0.15, 0.2) is 30.5 Å². The smallest absolute Gasteiger partial charge is 0.335 e. The number of carboxylic acids is 1. The lowest BCUT2D eigenvalue weighted by molar-refractivity contribution is -0.166. The van der Waals surface area contributed by atoms with Gasteiger partial charge in [-0.25, -0.2) is 14.2 Å². The average molecular weight is 509 g/mol. The number of halogens is 1. The maximum absolute atomic E-state index is 14.3. The molecule has 3 heterocycles. The molecule has 2 N–H and O–H groups in total. The van der Waals surface area contributed by atoms with E-state index in [4.69, 9.17) is 14.5 Å². The summed E-state index contributed by atoms with van der Waals surface area (Å²) in [5.74, 6) is -1.12. The molecular weight excluding hydrogens is 475 g/mol. The third-order valence-electron chi connectivity index (χ3n) is 7.91. The first-order valence-corrected chi connectivity index (χ1v) is 12.5. The zero-order valence-electron chi connectivity index (χ0n) is 21.9. The van der Waals surface area contributed by atoms with Gasteiger partial charge in [0.2, 0.25) is 0 Å². The predicted molar refractivity (Wildman–Crippen MR) is 139 cm³/mol. The lowest BCUT2D eigenvalue weighted by Crippen LogP contribution is -2.43. The molecule has 0 unspecified atom stereocenters. The largest absolute Gasteiger partial charge is 0.479 e. The first-order chi connectivity index (χ1) is 17.6. The summed E-state index contributed by atoms with van der Waals surface area (Å²) in [5, 5.41) is 17.9. The Labute approximate surface area is 214 Å². The molecule has 1 aliphatic carbocycles. The Bertz CT molecular complexity index is 1480. The number of aromatic nitrogens is 4.